The molecule has 5 heteroatoms. The Labute approximate surface area is 102 Å². The number of aliphatic hydroxyl groups is 1. The normalized spacial score (nSPS) is 26.8. The Hall–Kier alpha value is -2.01. The van der Waals surface area contributed by atoms with E-state index in [9.17, 15) is 18.7 Å². The number of halogens is 2. The number of carboxylic acids is 1. The van der Waals surface area contributed by atoms with Gasteiger partial charge in [0.25, 0.3) is 0 Å². The first-order valence-corrected chi connectivity index (χ1v) is 5.21. The fourth-order valence-electron chi connectivity index (χ4n) is 1.77. The zero-order chi connectivity index (χ0) is 13.3. The highest BCUT2D eigenvalue weighted by molar-refractivity contribution is 5.83. The van der Waals surface area contributed by atoms with Crippen LogP contribution in [0.25, 0.3) is 5.57 Å². The number of alkyl halides is 1. The Morgan fingerprint density at radius 2 is 2.11 bits per heavy atom. The van der Waals surface area contributed by atoms with E-state index in [1.54, 1.807) is 6.07 Å². The smallest absolute Gasteiger partial charge is 0.316 e. The number of benzene rings is 1. The maximum Gasteiger partial charge on any atom is 0.316 e. The van der Waals surface area contributed by atoms with Crippen LogP contribution in [0.3, 0.4) is 0 Å². The van der Waals surface area contributed by atoms with Crippen LogP contribution in [0.2, 0.25) is 0 Å². The van der Waals surface area contributed by atoms with Crippen LogP contribution in [0, 0.1) is 11.7 Å². The Morgan fingerprint density at radius 3 is 2.72 bits per heavy atom. The highest BCUT2D eigenvalue weighted by atomic mass is 19.2. The van der Waals surface area contributed by atoms with Crippen molar-refractivity contribution in [1.82, 2.24) is 0 Å². The minimum Gasteiger partial charge on any atom is -0.481 e. The molecule has 0 aliphatic heterocycles. The van der Waals surface area contributed by atoms with Crippen LogP contribution in [0.4, 0.5) is 8.78 Å². The SMILES string of the molecule is O=C(O)C1C=C(c2cccc(F)c2)C=CC1(O)F. The highest BCUT2D eigenvalue weighted by Crippen LogP contribution is 2.32. The molecular formula is C13H10F2O3. The van der Waals surface area contributed by atoms with Gasteiger partial charge >= 0.3 is 5.97 Å². The van der Waals surface area contributed by atoms with E-state index in [-0.39, 0.29) is 0 Å². The van der Waals surface area contributed by atoms with Crippen LogP contribution in [-0.2, 0) is 4.79 Å². The van der Waals surface area contributed by atoms with Gasteiger partial charge in [-0.15, -0.1) is 0 Å². The Balaban J connectivity index is 2.42. The fourth-order valence-corrected chi connectivity index (χ4v) is 1.77. The Kier molecular flexibility index (Phi) is 3.00. The number of aliphatic carboxylic acids is 1. The molecule has 2 atom stereocenters. The molecule has 1 aliphatic carbocycles. The molecule has 2 unspecified atom stereocenters. The molecule has 0 saturated carbocycles. The monoisotopic (exact) mass is 252 g/mol. The second-order valence-electron chi connectivity index (χ2n) is 4.01. The van der Waals surface area contributed by atoms with Gasteiger partial charge in [-0.25, -0.2) is 8.78 Å². The molecule has 1 aromatic carbocycles. The molecule has 0 bridgehead atoms. The summed E-state index contributed by atoms with van der Waals surface area (Å²) in [6.45, 7) is 0. The molecule has 3 nitrogen and oxygen atoms in total. The minimum absolute atomic E-state index is 0.351. The third kappa shape index (κ3) is 2.31. The van der Waals surface area contributed by atoms with Gasteiger partial charge in [-0.3, -0.25) is 4.79 Å². The van der Waals surface area contributed by atoms with Crippen LogP contribution in [0.1, 0.15) is 5.56 Å². The molecule has 2 N–H and O–H groups in total. The first kappa shape index (κ1) is 12.4. The van der Waals surface area contributed by atoms with Crippen LogP contribution < -0.4 is 0 Å². The summed E-state index contributed by atoms with van der Waals surface area (Å²) in [6.07, 6.45) is 3.05. The summed E-state index contributed by atoms with van der Waals surface area (Å²) >= 11 is 0. The second kappa shape index (κ2) is 4.34. The molecule has 94 valence electrons. The zero-order valence-electron chi connectivity index (χ0n) is 9.18. The Bertz CT molecular complexity index is 547. The summed E-state index contributed by atoms with van der Waals surface area (Å²) in [6, 6.07) is 5.49. The fraction of sp³-hybridized carbons (Fsp3) is 0.154. The van der Waals surface area contributed by atoms with Crippen molar-refractivity contribution in [1.29, 1.82) is 0 Å². The number of carbonyl (C=O) groups is 1. The molecule has 18 heavy (non-hydrogen) atoms. The third-order valence-electron chi connectivity index (χ3n) is 2.70. The number of carboxylic acid groups (broad SMARTS) is 1. The van der Waals surface area contributed by atoms with Crippen LogP contribution >= 0.6 is 0 Å². The van der Waals surface area contributed by atoms with E-state index in [1.165, 1.54) is 24.3 Å². The van der Waals surface area contributed by atoms with Gasteiger partial charge in [-0.1, -0.05) is 24.3 Å². The lowest BCUT2D eigenvalue weighted by Gasteiger charge is -2.24. The Morgan fingerprint density at radius 1 is 1.39 bits per heavy atom. The largest absolute Gasteiger partial charge is 0.481 e. The summed E-state index contributed by atoms with van der Waals surface area (Å²) in [7, 11) is 0. The van der Waals surface area contributed by atoms with E-state index in [1.807, 2.05) is 0 Å². The lowest BCUT2D eigenvalue weighted by Crippen LogP contribution is -2.36. The molecule has 2 rings (SSSR count). The van der Waals surface area contributed by atoms with Gasteiger partial charge in [-0.2, -0.15) is 0 Å². The van der Waals surface area contributed by atoms with E-state index < -0.39 is 23.6 Å². The topological polar surface area (TPSA) is 57.5 Å². The van der Waals surface area contributed by atoms with Crippen LogP contribution in [0.5, 0.6) is 0 Å². The van der Waals surface area contributed by atoms with Crippen molar-refractivity contribution in [2.75, 3.05) is 0 Å². The van der Waals surface area contributed by atoms with Gasteiger partial charge in [-0.05, 0) is 29.3 Å². The third-order valence-corrected chi connectivity index (χ3v) is 2.70. The van der Waals surface area contributed by atoms with E-state index >= 15 is 0 Å². The molecule has 1 aromatic rings. The molecule has 0 spiro atoms. The molecule has 0 heterocycles. The molecule has 0 fully saturated rings. The number of allylic oxidation sites excluding steroid dienone is 2. The van der Waals surface area contributed by atoms with Gasteiger partial charge in [0.15, 0.2) is 0 Å². The number of hydrogen-bond donors (Lipinski definition) is 2. The second-order valence-corrected chi connectivity index (χ2v) is 4.01. The highest BCUT2D eigenvalue weighted by Gasteiger charge is 2.40. The first-order valence-electron chi connectivity index (χ1n) is 5.21. The van der Waals surface area contributed by atoms with Crippen molar-refractivity contribution in [3.8, 4) is 0 Å². The lowest BCUT2D eigenvalue weighted by molar-refractivity contribution is -0.156. The predicted octanol–water partition coefficient (Wildman–Crippen LogP) is 2.14. The van der Waals surface area contributed by atoms with E-state index in [0.29, 0.717) is 11.1 Å². The van der Waals surface area contributed by atoms with Crippen LogP contribution in [0.15, 0.2) is 42.5 Å². The summed E-state index contributed by atoms with van der Waals surface area (Å²) in [5.41, 5.74) is 0.775. The van der Waals surface area contributed by atoms with Crippen molar-refractivity contribution < 1.29 is 23.8 Å². The lowest BCUT2D eigenvalue weighted by atomic mass is 9.89. The first-order chi connectivity index (χ1) is 8.40. The molecule has 0 amide bonds. The zero-order valence-corrected chi connectivity index (χ0v) is 9.18. The molecule has 1 aliphatic rings. The van der Waals surface area contributed by atoms with E-state index in [4.69, 9.17) is 5.11 Å². The van der Waals surface area contributed by atoms with Gasteiger partial charge in [0.1, 0.15) is 11.7 Å². The average Bonchev–Trinajstić information content (AvgIpc) is 2.28. The van der Waals surface area contributed by atoms with Crippen molar-refractivity contribution in [2.45, 2.75) is 5.85 Å². The summed E-state index contributed by atoms with van der Waals surface area (Å²) in [5.74, 6) is -6.60. The minimum atomic E-state index is -2.93. The van der Waals surface area contributed by atoms with Gasteiger partial charge in [0, 0.05) is 0 Å². The van der Waals surface area contributed by atoms with Gasteiger partial charge < -0.3 is 10.2 Å². The van der Waals surface area contributed by atoms with Crippen molar-refractivity contribution >= 4 is 11.5 Å². The van der Waals surface area contributed by atoms with Crippen molar-refractivity contribution in [3.63, 3.8) is 0 Å². The van der Waals surface area contributed by atoms with E-state index in [2.05, 4.69) is 0 Å². The van der Waals surface area contributed by atoms with E-state index in [0.717, 1.165) is 12.2 Å². The molecule has 0 aromatic heterocycles. The number of hydrogen-bond acceptors (Lipinski definition) is 2. The summed E-state index contributed by atoms with van der Waals surface area (Å²) < 4.78 is 26.6. The molecule has 0 radical (unpaired) electrons. The standard InChI is InChI=1S/C13H10F2O3/c14-10-3-1-2-8(6-10)9-4-5-13(15,18)11(7-9)12(16)17/h1-7,11,18H,(H,16,17). The van der Waals surface area contributed by atoms with Gasteiger partial charge in [0.2, 0.25) is 5.85 Å². The van der Waals surface area contributed by atoms with Crippen molar-refractivity contribution in [3.05, 3.63) is 53.9 Å². The average molecular weight is 252 g/mol. The van der Waals surface area contributed by atoms with Crippen molar-refractivity contribution in [2.24, 2.45) is 5.92 Å². The predicted molar refractivity (Wildman–Crippen MR) is 60.7 cm³/mol. The summed E-state index contributed by atoms with van der Waals surface area (Å²) in [4.78, 5) is 10.9. The summed E-state index contributed by atoms with van der Waals surface area (Å²) in [5, 5.41) is 18.1. The maximum atomic E-state index is 13.5. The molecule has 0 saturated heterocycles. The molecular weight excluding hydrogens is 242 g/mol. The van der Waals surface area contributed by atoms with Crippen LogP contribution in [-0.4, -0.2) is 22.0 Å². The quantitative estimate of drug-likeness (QED) is 0.847. The van der Waals surface area contributed by atoms with Gasteiger partial charge in [0.05, 0.1) is 0 Å². The number of rotatable bonds is 2. The maximum absolute atomic E-state index is 13.5.